The Morgan fingerprint density at radius 1 is 0.703 bits per heavy atom. The number of nitrogens with one attached hydrogen (secondary N) is 3. The molecule has 0 fully saturated rings. The first-order valence-corrected chi connectivity index (χ1v) is 11.5. The van der Waals surface area contributed by atoms with Gasteiger partial charge in [0.25, 0.3) is 0 Å². The van der Waals surface area contributed by atoms with Crippen LogP contribution < -0.4 is 50.4 Å². The lowest BCUT2D eigenvalue weighted by molar-refractivity contribution is -0.142. The third-order valence-electron chi connectivity index (χ3n) is 4.94. The average Bonchev–Trinajstić information content (AvgIpc) is 2.78. The molecule has 0 bridgehead atoms. The van der Waals surface area contributed by atoms with Crippen LogP contribution in [0, 0.1) is 0 Å². The summed E-state index contributed by atoms with van der Waals surface area (Å²) in [4.78, 5) is 75.9. The molecule has 0 radical (unpaired) electrons. The molecular weight excluding hydrogens is 492 g/mol. The minimum absolute atomic E-state index is 0.0259. The lowest BCUT2D eigenvalue weighted by atomic mass is 10.1. The summed E-state index contributed by atoms with van der Waals surface area (Å²) >= 11 is 0. The molecule has 0 aliphatic rings. The summed E-state index contributed by atoms with van der Waals surface area (Å²) in [6, 6.07) is -5.48. The summed E-state index contributed by atoms with van der Waals surface area (Å²) in [6.07, 6.45) is 0.0933. The van der Waals surface area contributed by atoms with Gasteiger partial charge < -0.3 is 55.5 Å². The molecule has 210 valence electrons. The van der Waals surface area contributed by atoms with E-state index in [4.69, 9.17) is 34.4 Å². The molecule has 0 aliphatic carbocycles. The van der Waals surface area contributed by atoms with Crippen LogP contribution in [0.3, 0.4) is 0 Å². The van der Waals surface area contributed by atoms with Gasteiger partial charge in [0, 0.05) is 6.54 Å². The van der Waals surface area contributed by atoms with Crippen molar-refractivity contribution in [1.29, 1.82) is 0 Å². The van der Waals surface area contributed by atoms with Gasteiger partial charge in [0.15, 0.2) is 5.96 Å². The molecule has 4 unspecified atom stereocenters. The molecular formula is C20H38N10O7. The largest absolute Gasteiger partial charge is 0.480 e. The number of unbranched alkanes of at least 4 members (excludes halogenated alkanes) is 1. The molecule has 16 N–H and O–H groups in total. The number of carbonyl (C=O) groups is 6. The first kappa shape index (κ1) is 33.0. The lowest BCUT2D eigenvalue weighted by Crippen LogP contribution is -2.58. The first-order chi connectivity index (χ1) is 17.3. The maximum absolute atomic E-state index is 12.9. The van der Waals surface area contributed by atoms with Crippen molar-refractivity contribution < 1.29 is 33.9 Å². The highest BCUT2D eigenvalue weighted by molar-refractivity contribution is 5.96. The minimum atomic E-state index is -1.54. The van der Waals surface area contributed by atoms with E-state index in [0.717, 1.165) is 0 Å². The SMILES string of the molecule is NCCCCC(NC(=O)C(CCCN=C(N)N)NC(=O)C(CC(N)=O)NC(=O)C(N)CC(N)=O)C(=O)O. The van der Waals surface area contributed by atoms with Crippen LogP contribution in [0.4, 0.5) is 0 Å². The van der Waals surface area contributed by atoms with Gasteiger partial charge in [-0.25, -0.2) is 4.79 Å². The number of carbonyl (C=O) groups excluding carboxylic acids is 5. The zero-order chi connectivity index (χ0) is 28.5. The van der Waals surface area contributed by atoms with Gasteiger partial charge in [0.2, 0.25) is 29.5 Å². The Hall–Kier alpha value is -3.99. The number of primary amides is 2. The summed E-state index contributed by atoms with van der Waals surface area (Å²) < 4.78 is 0. The molecule has 37 heavy (non-hydrogen) atoms. The van der Waals surface area contributed by atoms with Crippen LogP contribution in [0.5, 0.6) is 0 Å². The van der Waals surface area contributed by atoms with Crippen LogP contribution in [0.25, 0.3) is 0 Å². The van der Waals surface area contributed by atoms with Gasteiger partial charge in [-0.1, -0.05) is 0 Å². The van der Waals surface area contributed by atoms with E-state index < -0.39 is 72.5 Å². The van der Waals surface area contributed by atoms with Gasteiger partial charge in [0.05, 0.1) is 18.9 Å². The number of carboxylic acids is 1. The standard InChI is InChI=1S/C20H38N10O7/c21-6-2-1-4-12(19(36)37)29-17(34)11(5-3-7-27-20(25)26)28-18(35)13(9-15(24)32)30-16(33)10(22)8-14(23)31/h10-13H,1-9,21-22H2,(H2,23,31)(H2,24,32)(H,28,35)(H,29,34)(H,30,33)(H,36,37)(H4,25,26,27). The van der Waals surface area contributed by atoms with Gasteiger partial charge in [-0.05, 0) is 38.6 Å². The number of nitrogens with two attached hydrogens (primary N) is 6. The van der Waals surface area contributed by atoms with Gasteiger partial charge in [0.1, 0.15) is 18.1 Å². The van der Waals surface area contributed by atoms with E-state index in [-0.39, 0.29) is 31.8 Å². The van der Waals surface area contributed by atoms with Crippen molar-refractivity contribution >= 4 is 41.5 Å². The van der Waals surface area contributed by atoms with Gasteiger partial charge in [-0.15, -0.1) is 0 Å². The maximum Gasteiger partial charge on any atom is 0.326 e. The van der Waals surface area contributed by atoms with Gasteiger partial charge in [-0.2, -0.15) is 0 Å². The summed E-state index contributed by atoms with van der Waals surface area (Å²) in [5, 5.41) is 16.4. The molecule has 0 rings (SSSR count). The van der Waals surface area contributed by atoms with Crippen molar-refractivity contribution in [3.63, 3.8) is 0 Å². The molecule has 0 saturated carbocycles. The van der Waals surface area contributed by atoms with Crippen LogP contribution in [0.1, 0.15) is 44.9 Å². The minimum Gasteiger partial charge on any atom is -0.480 e. The van der Waals surface area contributed by atoms with Crippen LogP contribution >= 0.6 is 0 Å². The Labute approximate surface area is 213 Å². The number of aliphatic imine (C=N–C) groups is 1. The van der Waals surface area contributed by atoms with Crippen LogP contribution in [-0.4, -0.2) is 83.8 Å². The molecule has 4 atom stereocenters. The van der Waals surface area contributed by atoms with E-state index in [1.54, 1.807) is 0 Å². The summed E-state index contributed by atoms with van der Waals surface area (Å²) in [5.41, 5.74) is 31.7. The summed E-state index contributed by atoms with van der Waals surface area (Å²) in [5.74, 6) is -6.05. The van der Waals surface area contributed by atoms with Crippen molar-refractivity contribution in [3.05, 3.63) is 0 Å². The fraction of sp³-hybridized carbons (Fsp3) is 0.650. The Bertz CT molecular complexity index is 847. The highest BCUT2D eigenvalue weighted by Gasteiger charge is 2.31. The molecule has 17 nitrogen and oxygen atoms in total. The highest BCUT2D eigenvalue weighted by atomic mass is 16.4. The molecule has 0 aliphatic heterocycles. The van der Waals surface area contributed by atoms with E-state index in [1.807, 2.05) is 0 Å². The van der Waals surface area contributed by atoms with E-state index in [9.17, 15) is 33.9 Å². The van der Waals surface area contributed by atoms with Crippen molar-refractivity contribution in [2.24, 2.45) is 39.4 Å². The number of carboxylic acid groups (broad SMARTS) is 1. The zero-order valence-corrected chi connectivity index (χ0v) is 20.5. The summed E-state index contributed by atoms with van der Waals surface area (Å²) in [6.45, 7) is 0.449. The monoisotopic (exact) mass is 530 g/mol. The van der Waals surface area contributed by atoms with Crippen molar-refractivity contribution in [3.8, 4) is 0 Å². The third-order valence-corrected chi connectivity index (χ3v) is 4.94. The van der Waals surface area contributed by atoms with Crippen LogP contribution in [0.2, 0.25) is 0 Å². The second kappa shape index (κ2) is 17.4. The van der Waals surface area contributed by atoms with Crippen LogP contribution in [0.15, 0.2) is 4.99 Å². The smallest absolute Gasteiger partial charge is 0.326 e. The van der Waals surface area contributed by atoms with Gasteiger partial charge >= 0.3 is 5.97 Å². The maximum atomic E-state index is 12.9. The predicted molar refractivity (Wildman–Crippen MR) is 132 cm³/mol. The fourth-order valence-electron chi connectivity index (χ4n) is 3.07. The van der Waals surface area contributed by atoms with Gasteiger partial charge in [-0.3, -0.25) is 29.0 Å². The number of nitrogens with zero attached hydrogens (tertiary/aromatic N) is 1. The van der Waals surface area contributed by atoms with Crippen molar-refractivity contribution in [1.82, 2.24) is 16.0 Å². The number of guanidine groups is 1. The first-order valence-electron chi connectivity index (χ1n) is 11.5. The Morgan fingerprint density at radius 2 is 1.22 bits per heavy atom. The second-order valence-corrected chi connectivity index (χ2v) is 8.20. The summed E-state index contributed by atoms with van der Waals surface area (Å²) in [7, 11) is 0. The van der Waals surface area contributed by atoms with Crippen molar-refractivity contribution in [2.75, 3.05) is 13.1 Å². The van der Waals surface area contributed by atoms with E-state index in [0.29, 0.717) is 19.4 Å². The Morgan fingerprint density at radius 3 is 1.73 bits per heavy atom. The second-order valence-electron chi connectivity index (χ2n) is 8.20. The number of aliphatic carboxylic acids is 1. The number of amides is 5. The van der Waals surface area contributed by atoms with E-state index >= 15 is 0 Å². The number of rotatable bonds is 19. The highest BCUT2D eigenvalue weighted by Crippen LogP contribution is 2.06. The van der Waals surface area contributed by atoms with Crippen molar-refractivity contribution in [2.45, 2.75) is 69.1 Å². The molecule has 0 saturated heterocycles. The molecule has 0 aromatic carbocycles. The predicted octanol–water partition coefficient (Wildman–Crippen LogP) is -5.21. The van der Waals surface area contributed by atoms with Crippen LogP contribution in [-0.2, 0) is 28.8 Å². The Balaban J connectivity index is 5.64. The molecule has 17 heteroatoms. The number of hydrogen-bond acceptors (Lipinski definition) is 9. The molecule has 0 heterocycles. The average molecular weight is 531 g/mol. The normalized spacial score (nSPS) is 13.8. The Kier molecular flexibility index (Phi) is 15.6. The van der Waals surface area contributed by atoms with E-state index in [2.05, 4.69) is 20.9 Å². The topological polar surface area (TPSA) is 327 Å². The van der Waals surface area contributed by atoms with E-state index in [1.165, 1.54) is 0 Å². The molecule has 5 amide bonds. The molecule has 0 aromatic rings. The zero-order valence-electron chi connectivity index (χ0n) is 20.5. The lowest BCUT2D eigenvalue weighted by Gasteiger charge is -2.24. The molecule has 0 spiro atoms. The number of hydrogen-bond donors (Lipinski definition) is 10. The third kappa shape index (κ3) is 14.9. The quantitative estimate of drug-likeness (QED) is 0.0427. The fourth-order valence-corrected chi connectivity index (χ4v) is 3.07. The molecule has 0 aromatic heterocycles.